The molecule has 3 rings (SSSR count). The molecule has 2 aromatic carbocycles. The monoisotopic (exact) mass is 388 g/mol. The second-order valence-corrected chi connectivity index (χ2v) is 8.71. The molecule has 27 heavy (non-hydrogen) atoms. The lowest BCUT2D eigenvalue weighted by atomic mass is 10.2. The lowest BCUT2D eigenvalue weighted by Gasteiger charge is -2.15. The molecule has 1 aliphatic rings. The Balaban J connectivity index is 1.95. The van der Waals surface area contributed by atoms with Gasteiger partial charge < -0.3 is 10.1 Å². The molecule has 0 atom stereocenters. The van der Waals surface area contributed by atoms with Gasteiger partial charge >= 0.3 is 5.97 Å². The quantitative estimate of drug-likeness (QED) is 0.702. The van der Waals surface area contributed by atoms with E-state index in [0.717, 1.165) is 18.4 Å². The topological polar surface area (TPSA) is 84.5 Å². The van der Waals surface area contributed by atoms with Crippen LogP contribution in [0.4, 0.5) is 11.4 Å². The van der Waals surface area contributed by atoms with Crippen LogP contribution in [0.3, 0.4) is 0 Å². The van der Waals surface area contributed by atoms with E-state index in [1.54, 1.807) is 38.1 Å². The van der Waals surface area contributed by atoms with Gasteiger partial charge in [-0.1, -0.05) is 17.7 Å². The largest absolute Gasteiger partial charge is 0.459 e. The Morgan fingerprint density at radius 1 is 1.11 bits per heavy atom. The minimum absolute atomic E-state index is 0.0354. The molecule has 0 bridgehead atoms. The number of hydrogen-bond donors (Lipinski definition) is 2. The van der Waals surface area contributed by atoms with Crippen molar-refractivity contribution in [1.29, 1.82) is 0 Å². The van der Waals surface area contributed by atoms with Gasteiger partial charge in [-0.05, 0) is 63.9 Å². The molecule has 0 spiro atoms. The molecule has 0 unspecified atom stereocenters. The number of rotatable bonds is 7. The van der Waals surface area contributed by atoms with Gasteiger partial charge in [-0.25, -0.2) is 13.2 Å². The standard InChI is InChI=1S/C20H24N2O4S/c1-13(2)26-20(23)15-6-11-18(21-16-9-10-16)19(12-15)27(24,25)22-17-7-4-14(3)5-8-17/h4-8,11-13,16,21-22H,9-10H2,1-3H3. The zero-order valence-electron chi connectivity index (χ0n) is 15.7. The van der Waals surface area contributed by atoms with Gasteiger partial charge in [0, 0.05) is 11.7 Å². The van der Waals surface area contributed by atoms with E-state index in [4.69, 9.17) is 4.74 Å². The maximum atomic E-state index is 13.0. The molecule has 0 heterocycles. The fraction of sp³-hybridized carbons (Fsp3) is 0.350. The van der Waals surface area contributed by atoms with E-state index in [0.29, 0.717) is 11.4 Å². The van der Waals surface area contributed by atoms with Crippen molar-refractivity contribution in [3.8, 4) is 0 Å². The number of sulfonamides is 1. The van der Waals surface area contributed by atoms with Crippen molar-refractivity contribution in [3.05, 3.63) is 53.6 Å². The van der Waals surface area contributed by atoms with Crippen LogP contribution in [0.1, 0.15) is 42.6 Å². The van der Waals surface area contributed by atoms with Crippen LogP contribution in [0.25, 0.3) is 0 Å². The second-order valence-electron chi connectivity index (χ2n) is 7.06. The third kappa shape index (κ3) is 5.01. The number of anilines is 2. The summed E-state index contributed by atoms with van der Waals surface area (Å²) in [5.74, 6) is -0.547. The Labute approximate surface area is 160 Å². The molecule has 1 aliphatic carbocycles. The molecule has 0 aromatic heterocycles. The average Bonchev–Trinajstić information content (AvgIpc) is 3.40. The highest BCUT2D eigenvalue weighted by Crippen LogP contribution is 2.31. The minimum Gasteiger partial charge on any atom is -0.459 e. The summed E-state index contributed by atoms with van der Waals surface area (Å²) >= 11 is 0. The predicted octanol–water partition coefficient (Wildman–Crippen LogP) is 3.94. The fourth-order valence-corrected chi connectivity index (χ4v) is 3.81. The molecule has 0 aliphatic heterocycles. The first-order chi connectivity index (χ1) is 12.7. The molecule has 0 saturated heterocycles. The Kier molecular flexibility index (Phi) is 5.41. The number of ether oxygens (including phenoxy) is 1. The predicted molar refractivity (Wildman–Crippen MR) is 106 cm³/mol. The summed E-state index contributed by atoms with van der Waals surface area (Å²) in [7, 11) is -3.88. The van der Waals surface area contributed by atoms with Crippen LogP contribution in [0.2, 0.25) is 0 Å². The van der Waals surface area contributed by atoms with Crippen LogP contribution in [0.15, 0.2) is 47.4 Å². The van der Waals surface area contributed by atoms with Crippen molar-refractivity contribution in [3.63, 3.8) is 0 Å². The lowest BCUT2D eigenvalue weighted by Crippen LogP contribution is -2.18. The van der Waals surface area contributed by atoms with Crippen molar-refractivity contribution in [2.24, 2.45) is 0 Å². The van der Waals surface area contributed by atoms with Crippen LogP contribution in [0, 0.1) is 6.92 Å². The zero-order chi connectivity index (χ0) is 19.6. The van der Waals surface area contributed by atoms with Crippen molar-refractivity contribution >= 4 is 27.4 Å². The molecule has 0 radical (unpaired) electrons. The second kappa shape index (κ2) is 7.60. The molecule has 6 nitrogen and oxygen atoms in total. The summed E-state index contributed by atoms with van der Waals surface area (Å²) < 4.78 is 33.8. The van der Waals surface area contributed by atoms with Crippen molar-refractivity contribution in [1.82, 2.24) is 0 Å². The molecule has 2 aromatic rings. The first-order valence-electron chi connectivity index (χ1n) is 8.95. The number of carbonyl (C=O) groups excluding carboxylic acids is 1. The molecule has 1 fully saturated rings. The highest BCUT2D eigenvalue weighted by atomic mass is 32.2. The third-order valence-corrected chi connectivity index (χ3v) is 5.51. The SMILES string of the molecule is Cc1ccc(NS(=O)(=O)c2cc(C(=O)OC(C)C)ccc2NC2CC2)cc1. The van der Waals surface area contributed by atoms with Gasteiger partial charge in [0.25, 0.3) is 10.0 Å². The number of carbonyl (C=O) groups is 1. The van der Waals surface area contributed by atoms with Gasteiger partial charge in [0.1, 0.15) is 4.90 Å². The maximum Gasteiger partial charge on any atom is 0.338 e. The Morgan fingerprint density at radius 2 is 1.78 bits per heavy atom. The Morgan fingerprint density at radius 3 is 2.37 bits per heavy atom. The number of esters is 1. The van der Waals surface area contributed by atoms with E-state index < -0.39 is 16.0 Å². The number of aryl methyl sites for hydroxylation is 1. The zero-order valence-corrected chi connectivity index (χ0v) is 16.5. The molecular weight excluding hydrogens is 364 g/mol. The van der Waals surface area contributed by atoms with E-state index in [1.807, 2.05) is 19.1 Å². The van der Waals surface area contributed by atoms with Gasteiger partial charge in [-0.2, -0.15) is 0 Å². The van der Waals surface area contributed by atoms with Gasteiger partial charge in [-0.15, -0.1) is 0 Å². The first kappa shape index (κ1) is 19.2. The molecule has 1 saturated carbocycles. The smallest absolute Gasteiger partial charge is 0.338 e. The number of nitrogens with one attached hydrogen (secondary N) is 2. The van der Waals surface area contributed by atoms with Gasteiger partial charge in [-0.3, -0.25) is 4.72 Å². The van der Waals surface area contributed by atoms with E-state index in [2.05, 4.69) is 10.0 Å². The summed E-state index contributed by atoms with van der Waals surface area (Å²) in [5.41, 5.74) is 2.19. The number of hydrogen-bond acceptors (Lipinski definition) is 5. The van der Waals surface area contributed by atoms with Gasteiger partial charge in [0.2, 0.25) is 0 Å². The average molecular weight is 388 g/mol. The van der Waals surface area contributed by atoms with E-state index in [-0.39, 0.29) is 22.6 Å². The molecule has 7 heteroatoms. The highest BCUT2D eigenvalue weighted by Gasteiger charge is 2.27. The summed E-state index contributed by atoms with van der Waals surface area (Å²) in [6, 6.07) is 11.9. The van der Waals surface area contributed by atoms with E-state index >= 15 is 0 Å². The number of benzene rings is 2. The maximum absolute atomic E-state index is 13.0. The third-order valence-electron chi connectivity index (χ3n) is 4.09. The van der Waals surface area contributed by atoms with Crippen LogP contribution in [0.5, 0.6) is 0 Å². The van der Waals surface area contributed by atoms with Crippen LogP contribution < -0.4 is 10.0 Å². The molecule has 144 valence electrons. The van der Waals surface area contributed by atoms with Crippen molar-refractivity contribution in [2.45, 2.75) is 50.7 Å². The van der Waals surface area contributed by atoms with Gasteiger partial charge in [0.05, 0.1) is 17.4 Å². The lowest BCUT2D eigenvalue weighted by molar-refractivity contribution is 0.0377. The normalized spacial score (nSPS) is 14.1. The molecule has 2 N–H and O–H groups in total. The molecular formula is C20H24N2O4S. The van der Waals surface area contributed by atoms with Crippen LogP contribution >= 0.6 is 0 Å². The van der Waals surface area contributed by atoms with Crippen LogP contribution in [-0.4, -0.2) is 26.5 Å². The Bertz CT molecular complexity index is 933. The van der Waals surface area contributed by atoms with Crippen molar-refractivity contribution < 1.29 is 17.9 Å². The van der Waals surface area contributed by atoms with E-state index in [9.17, 15) is 13.2 Å². The summed E-state index contributed by atoms with van der Waals surface area (Å²) in [6.45, 7) is 5.43. The summed E-state index contributed by atoms with van der Waals surface area (Å²) in [6.07, 6.45) is 1.72. The van der Waals surface area contributed by atoms with E-state index in [1.165, 1.54) is 6.07 Å². The molecule has 0 amide bonds. The minimum atomic E-state index is -3.88. The first-order valence-corrected chi connectivity index (χ1v) is 10.4. The fourth-order valence-electron chi connectivity index (χ4n) is 2.55. The van der Waals surface area contributed by atoms with Crippen molar-refractivity contribution in [2.75, 3.05) is 10.0 Å². The van der Waals surface area contributed by atoms with Crippen LogP contribution in [-0.2, 0) is 14.8 Å². The summed E-state index contributed by atoms with van der Waals surface area (Å²) in [4.78, 5) is 12.3. The highest BCUT2D eigenvalue weighted by molar-refractivity contribution is 7.92. The Hall–Kier alpha value is -2.54. The van der Waals surface area contributed by atoms with Gasteiger partial charge in [0.15, 0.2) is 0 Å². The summed E-state index contributed by atoms with van der Waals surface area (Å²) in [5, 5.41) is 3.22.